The predicted molar refractivity (Wildman–Crippen MR) is 93.8 cm³/mol. The van der Waals surface area contributed by atoms with E-state index in [-0.39, 0.29) is 23.0 Å². The lowest BCUT2D eigenvalue weighted by molar-refractivity contribution is -0.128. The van der Waals surface area contributed by atoms with Crippen LogP contribution in [0.3, 0.4) is 0 Å². The fraction of sp³-hybridized carbons (Fsp3) is 0.579. The summed E-state index contributed by atoms with van der Waals surface area (Å²) in [7, 11) is 4.06. The Balaban J connectivity index is 1.72. The molecule has 0 radical (unpaired) electrons. The average Bonchev–Trinajstić information content (AvgIpc) is 2.87. The molecule has 1 unspecified atom stereocenters. The molecule has 0 saturated carbocycles. The van der Waals surface area contributed by atoms with E-state index in [1.165, 1.54) is 6.07 Å². The van der Waals surface area contributed by atoms with Gasteiger partial charge >= 0.3 is 0 Å². The van der Waals surface area contributed by atoms with Gasteiger partial charge in [0, 0.05) is 50.6 Å². The van der Waals surface area contributed by atoms with Crippen molar-refractivity contribution in [3.8, 4) is 0 Å². The van der Waals surface area contributed by atoms with E-state index in [1.54, 1.807) is 30.9 Å². The molecule has 2 saturated heterocycles. The van der Waals surface area contributed by atoms with Crippen LogP contribution in [0, 0.1) is 24.1 Å². The Labute approximate surface area is 148 Å². The molecule has 25 heavy (non-hydrogen) atoms. The standard InChI is InChI=1S/C19H26FN3O2/c1-13-5-6-15(7-17(13)20)18(25)23-11-19(12-23)10-22(14(2)24)9-16(19)8-21(3)4/h5-7,16H,8-12H2,1-4H3. The smallest absolute Gasteiger partial charge is 0.253 e. The zero-order chi connectivity index (χ0) is 18.4. The number of benzene rings is 1. The number of nitrogens with zero attached hydrogens (tertiary/aromatic N) is 3. The van der Waals surface area contributed by atoms with E-state index in [1.807, 2.05) is 19.0 Å². The van der Waals surface area contributed by atoms with Gasteiger partial charge < -0.3 is 14.7 Å². The molecule has 2 aliphatic heterocycles. The third-order valence-electron chi connectivity index (χ3n) is 5.56. The van der Waals surface area contributed by atoms with Crippen molar-refractivity contribution in [2.45, 2.75) is 13.8 Å². The second kappa shape index (κ2) is 6.41. The first-order valence-electron chi connectivity index (χ1n) is 8.67. The topological polar surface area (TPSA) is 43.9 Å². The molecule has 3 rings (SSSR count). The lowest BCUT2D eigenvalue weighted by atomic mass is 9.71. The molecular formula is C19H26FN3O2. The Hall–Kier alpha value is -1.95. The molecule has 1 aromatic rings. The monoisotopic (exact) mass is 347 g/mol. The molecular weight excluding hydrogens is 321 g/mol. The van der Waals surface area contributed by atoms with E-state index in [9.17, 15) is 14.0 Å². The van der Waals surface area contributed by atoms with Crippen LogP contribution in [-0.2, 0) is 4.79 Å². The molecule has 1 atom stereocenters. The van der Waals surface area contributed by atoms with Crippen LogP contribution in [0.5, 0.6) is 0 Å². The van der Waals surface area contributed by atoms with Crippen LogP contribution in [0.2, 0.25) is 0 Å². The van der Waals surface area contributed by atoms with E-state index in [0.29, 0.717) is 36.7 Å². The summed E-state index contributed by atoms with van der Waals surface area (Å²) in [4.78, 5) is 30.2. The van der Waals surface area contributed by atoms with Gasteiger partial charge in [-0.05, 0) is 44.6 Å². The lowest BCUT2D eigenvalue weighted by Gasteiger charge is -2.51. The molecule has 136 valence electrons. The fourth-order valence-corrected chi connectivity index (χ4v) is 4.09. The normalized spacial score (nSPS) is 21.8. The summed E-state index contributed by atoms with van der Waals surface area (Å²) in [5, 5.41) is 0. The maximum absolute atomic E-state index is 13.7. The molecule has 6 heteroatoms. The highest BCUT2D eigenvalue weighted by Gasteiger charge is 2.55. The molecule has 0 N–H and O–H groups in total. The summed E-state index contributed by atoms with van der Waals surface area (Å²) in [6, 6.07) is 4.63. The quantitative estimate of drug-likeness (QED) is 0.835. The van der Waals surface area contributed by atoms with E-state index in [2.05, 4.69) is 4.90 Å². The molecule has 2 fully saturated rings. The van der Waals surface area contributed by atoms with Crippen molar-refractivity contribution in [1.82, 2.24) is 14.7 Å². The minimum atomic E-state index is -0.352. The van der Waals surface area contributed by atoms with Crippen LogP contribution in [0.25, 0.3) is 0 Å². The van der Waals surface area contributed by atoms with Gasteiger partial charge in [0.05, 0.1) is 0 Å². The van der Waals surface area contributed by atoms with Crippen molar-refractivity contribution in [2.24, 2.45) is 11.3 Å². The molecule has 2 heterocycles. The van der Waals surface area contributed by atoms with Crippen molar-refractivity contribution in [3.63, 3.8) is 0 Å². The number of carbonyl (C=O) groups excluding carboxylic acids is 2. The minimum Gasteiger partial charge on any atom is -0.342 e. The number of carbonyl (C=O) groups is 2. The summed E-state index contributed by atoms with van der Waals surface area (Å²) >= 11 is 0. The maximum Gasteiger partial charge on any atom is 0.253 e. The van der Waals surface area contributed by atoms with Crippen LogP contribution in [0.1, 0.15) is 22.8 Å². The van der Waals surface area contributed by atoms with E-state index >= 15 is 0 Å². The molecule has 0 bridgehead atoms. The number of amides is 2. The minimum absolute atomic E-state index is 0.0329. The fourth-order valence-electron chi connectivity index (χ4n) is 4.09. The van der Waals surface area contributed by atoms with E-state index in [0.717, 1.165) is 13.1 Å². The van der Waals surface area contributed by atoms with Gasteiger partial charge in [0.15, 0.2) is 0 Å². The Kier molecular flexibility index (Phi) is 4.58. The second-order valence-electron chi connectivity index (χ2n) is 7.85. The van der Waals surface area contributed by atoms with Gasteiger partial charge in [-0.15, -0.1) is 0 Å². The molecule has 0 aliphatic carbocycles. The number of aryl methyl sites for hydroxylation is 1. The maximum atomic E-state index is 13.7. The first-order chi connectivity index (χ1) is 11.7. The molecule has 5 nitrogen and oxygen atoms in total. The van der Waals surface area contributed by atoms with Gasteiger partial charge in [-0.3, -0.25) is 9.59 Å². The summed E-state index contributed by atoms with van der Waals surface area (Å²) in [5.74, 6) is -0.0409. The van der Waals surface area contributed by atoms with Crippen molar-refractivity contribution in [3.05, 3.63) is 35.1 Å². The summed E-state index contributed by atoms with van der Waals surface area (Å²) < 4.78 is 13.7. The molecule has 1 aromatic carbocycles. The number of likely N-dealkylation sites (tertiary alicyclic amines) is 2. The van der Waals surface area contributed by atoms with Crippen molar-refractivity contribution in [2.75, 3.05) is 46.8 Å². The van der Waals surface area contributed by atoms with Crippen molar-refractivity contribution in [1.29, 1.82) is 0 Å². The number of hydrogen-bond donors (Lipinski definition) is 0. The van der Waals surface area contributed by atoms with Crippen molar-refractivity contribution >= 4 is 11.8 Å². The Morgan fingerprint density at radius 3 is 2.44 bits per heavy atom. The van der Waals surface area contributed by atoms with Gasteiger partial charge in [-0.1, -0.05) is 6.07 Å². The molecule has 2 amide bonds. The number of hydrogen-bond acceptors (Lipinski definition) is 3. The van der Waals surface area contributed by atoms with Gasteiger partial charge in [0.2, 0.25) is 5.91 Å². The molecule has 0 aromatic heterocycles. The van der Waals surface area contributed by atoms with Crippen LogP contribution in [0.15, 0.2) is 18.2 Å². The summed E-state index contributed by atoms with van der Waals surface area (Å²) in [6.45, 7) is 6.88. The van der Waals surface area contributed by atoms with Crippen LogP contribution in [0.4, 0.5) is 4.39 Å². The lowest BCUT2D eigenvalue weighted by Crippen LogP contribution is -2.63. The highest BCUT2D eigenvalue weighted by Crippen LogP contribution is 2.44. The highest BCUT2D eigenvalue weighted by molar-refractivity contribution is 5.95. The zero-order valence-corrected chi connectivity index (χ0v) is 15.4. The summed E-state index contributed by atoms with van der Waals surface area (Å²) in [6.07, 6.45) is 0. The van der Waals surface area contributed by atoms with Crippen molar-refractivity contribution < 1.29 is 14.0 Å². The predicted octanol–water partition coefficient (Wildman–Crippen LogP) is 1.62. The first kappa shape index (κ1) is 17.9. The SMILES string of the molecule is CC(=O)N1CC(CN(C)C)C2(C1)CN(C(=O)c1ccc(C)c(F)c1)C2. The zero-order valence-electron chi connectivity index (χ0n) is 15.4. The van der Waals surface area contributed by atoms with Crippen LogP contribution in [-0.4, -0.2) is 73.3 Å². The van der Waals surface area contributed by atoms with Gasteiger partial charge in [0.1, 0.15) is 5.82 Å². The van der Waals surface area contributed by atoms with Gasteiger partial charge in [-0.25, -0.2) is 4.39 Å². The third-order valence-corrected chi connectivity index (χ3v) is 5.56. The first-order valence-corrected chi connectivity index (χ1v) is 8.67. The second-order valence-corrected chi connectivity index (χ2v) is 7.85. The Morgan fingerprint density at radius 1 is 1.24 bits per heavy atom. The Bertz CT molecular complexity index is 698. The molecule has 1 spiro atoms. The number of rotatable bonds is 3. The summed E-state index contributed by atoms with van der Waals surface area (Å²) in [5.41, 5.74) is 0.897. The van der Waals surface area contributed by atoms with Crippen LogP contribution >= 0.6 is 0 Å². The van der Waals surface area contributed by atoms with Gasteiger partial charge in [-0.2, -0.15) is 0 Å². The van der Waals surface area contributed by atoms with E-state index < -0.39 is 0 Å². The largest absolute Gasteiger partial charge is 0.342 e. The van der Waals surface area contributed by atoms with Gasteiger partial charge in [0.25, 0.3) is 5.91 Å². The number of halogens is 1. The molecule has 2 aliphatic rings. The Morgan fingerprint density at radius 2 is 1.88 bits per heavy atom. The van der Waals surface area contributed by atoms with Crippen LogP contribution < -0.4 is 0 Å². The third kappa shape index (κ3) is 3.27. The highest BCUT2D eigenvalue weighted by atomic mass is 19.1. The van der Waals surface area contributed by atoms with E-state index in [4.69, 9.17) is 0 Å². The average molecular weight is 347 g/mol.